The van der Waals surface area contributed by atoms with Crippen molar-refractivity contribution in [3.63, 3.8) is 0 Å². The lowest BCUT2D eigenvalue weighted by molar-refractivity contribution is -0.526. The molecular formula is C63H71N15O23P2+2. The molecule has 40 heteroatoms. The van der Waals surface area contributed by atoms with Gasteiger partial charge < -0.3 is 79.6 Å². The zero-order valence-electron chi connectivity index (χ0n) is 55.1. The zero-order chi connectivity index (χ0) is 73.8. The van der Waals surface area contributed by atoms with Crippen LogP contribution in [0.15, 0.2) is 48.9 Å². The number of aliphatic hydroxyl groups excluding tert-OH is 1. The van der Waals surface area contributed by atoms with E-state index in [4.69, 9.17) is 44.2 Å². The molecule has 3 fully saturated rings. The molecule has 8 unspecified atom stereocenters. The number of aliphatic hydroxyl groups is 1. The highest BCUT2D eigenvalue weighted by molar-refractivity contribution is 7.53. The second-order valence-corrected chi connectivity index (χ2v) is 28.8. The monoisotopic (exact) mass is 1470 g/mol. The Morgan fingerprint density at radius 2 is 1.37 bits per heavy atom. The second-order valence-electron chi connectivity index (χ2n) is 25.0. The minimum Gasteiger partial charge on any atom is -0.390 e. The van der Waals surface area contributed by atoms with Crippen molar-refractivity contribution in [3.05, 3.63) is 97.0 Å². The Labute approximate surface area is 584 Å². The number of fused-ring (bicyclic) bond motifs is 21. The van der Waals surface area contributed by atoms with E-state index < -0.39 is 221 Å². The number of ether oxygens (including phenoxy) is 5. The lowest BCUT2D eigenvalue weighted by atomic mass is 10.0. The van der Waals surface area contributed by atoms with Gasteiger partial charge in [-0.1, -0.05) is 35.5 Å². The van der Waals surface area contributed by atoms with Gasteiger partial charge >= 0.3 is 39.1 Å². The van der Waals surface area contributed by atoms with E-state index in [9.17, 15) is 77.8 Å². The number of methoxy groups -OCH3 is 1. The summed E-state index contributed by atoms with van der Waals surface area (Å²) in [6, 6.07) is 3.43. The predicted molar refractivity (Wildman–Crippen MR) is 353 cm³/mol. The van der Waals surface area contributed by atoms with Gasteiger partial charge in [-0.3, -0.25) is 49.1 Å². The SMILES string of the molecule is COC[C@H]1O[C@@H]2C[C@@H]1CP(=O)(O)OC[C@H]1O[C@@H]3C[C@@H]1CP(=O)(O)OC[C@H]1O[C@H](C[C@@H]1O)n1cc(c4c(N)ncnc41)C#Cc1ccc(c([N+](=O)[O-])c1)C(C)NC(CN)C(=O)NCC(OC(C)c1ccc(cc1[N+](=O)[O-])C#CC1C=[N+]3C(=O)NC1=O)C(=O)NCC(=O)NCC#CC1C=[N+]2C(=O)NC1=O. The highest BCUT2D eigenvalue weighted by Crippen LogP contribution is 2.51. The molecule has 2 aromatic carbocycles. The van der Waals surface area contributed by atoms with Crippen LogP contribution in [0.5, 0.6) is 0 Å². The van der Waals surface area contributed by atoms with E-state index in [0.717, 1.165) is 27.6 Å². The standard InChI is InChI=1S/C63H69N15O23P2/c1-32-41-12-8-34(15-44(41)77(87)88)6-10-36-23-74(57-55(36)56(65)69-31-70-57)54-19-46(79)50(101-54)28-97-103(93,94)30-40-18-53-76-25-38(59(82)73-63(76)86)11-7-35-9-13-42(45(16-35)78(89)90)33(2)98-47(21-67-60(83)43(20-64)71-32)61(84)68-22-51(80)66-14-4-5-37-24-75(62(85)72-58(37)81)52-17-39(48(99-52)26-95-3)29-102(91,92)96-27-49(40)100-53/h8-9,12-13,15-16,23-25,31-33,37-40,43,46-50,52-54,71,79H,14,17-22,26-30,64H2,1-3H3,(H7-2,65,66,67,68,69,70,72,73,80,81,82,83,84,85,86,91,92,93,94)/p+2/t32?,33?,37?,38?,39-,40-,43?,46+,47?,48-,49-,50-,52-,53-,54-/m1/s1. The van der Waals surface area contributed by atoms with Gasteiger partial charge in [-0.05, 0) is 38.1 Å². The van der Waals surface area contributed by atoms with Crippen molar-refractivity contribution >= 4 is 97.4 Å². The van der Waals surface area contributed by atoms with E-state index in [1.54, 1.807) is 0 Å². The maximum Gasteiger partial charge on any atom is 0.500 e. The van der Waals surface area contributed by atoms with Gasteiger partial charge in [0.25, 0.3) is 17.3 Å². The van der Waals surface area contributed by atoms with Crippen LogP contribution in [0.3, 0.4) is 0 Å². The third-order valence-electron chi connectivity index (χ3n) is 18.0. The maximum absolute atomic E-state index is 14.4. The minimum absolute atomic E-state index is 0.0236. The molecule has 0 spiro atoms. The summed E-state index contributed by atoms with van der Waals surface area (Å²) in [6.45, 7) is -1.02. The summed E-state index contributed by atoms with van der Waals surface area (Å²) in [6.07, 6.45) is -8.82. The van der Waals surface area contributed by atoms with Crippen LogP contribution in [0.25, 0.3) is 11.0 Å². The number of urea groups is 2. The number of amides is 9. The van der Waals surface area contributed by atoms with Gasteiger partial charge in [0.1, 0.15) is 42.6 Å². The third kappa shape index (κ3) is 17.4. The third-order valence-corrected chi connectivity index (χ3v) is 21.0. The summed E-state index contributed by atoms with van der Waals surface area (Å²) in [5, 5.41) is 52.0. The number of nitrogens with zero attached hydrogens (tertiary/aromatic N) is 7. The molecule has 9 aliphatic heterocycles. The lowest BCUT2D eigenvalue weighted by Crippen LogP contribution is -2.53. The number of nitro groups is 2. The van der Waals surface area contributed by atoms with Crippen LogP contribution in [0.2, 0.25) is 0 Å². The number of imide groups is 2. The lowest BCUT2D eigenvalue weighted by Gasteiger charge is -2.25. The summed E-state index contributed by atoms with van der Waals surface area (Å²) in [4.78, 5) is 151. The number of hydrogen-bond donors (Lipinski definition) is 11. The number of aromatic nitrogens is 3. The van der Waals surface area contributed by atoms with Crippen molar-refractivity contribution in [1.82, 2.24) is 46.4 Å². The molecule has 3 saturated heterocycles. The van der Waals surface area contributed by atoms with Crippen LogP contribution >= 0.6 is 15.2 Å². The summed E-state index contributed by atoms with van der Waals surface area (Å²) in [5.41, 5.74) is 11.9. The number of nitrogens with one attached hydrogen (secondary N) is 6. The maximum atomic E-state index is 14.4. The molecule has 11 heterocycles. The predicted octanol–water partition coefficient (Wildman–Crippen LogP) is -0.855. The van der Waals surface area contributed by atoms with Crippen molar-refractivity contribution in [1.29, 1.82) is 0 Å². The molecule has 9 aliphatic rings. The van der Waals surface area contributed by atoms with E-state index in [0.29, 0.717) is 0 Å². The average Bonchev–Trinajstić information content (AvgIpc) is 1.82. The first-order valence-electron chi connectivity index (χ1n) is 32.2. The molecule has 0 saturated carbocycles. The largest absolute Gasteiger partial charge is 0.500 e. The fraction of sp³-hybridized carbons (Fsp3) is 0.476. The Morgan fingerprint density at radius 3 is 2.04 bits per heavy atom. The Morgan fingerprint density at radius 1 is 0.748 bits per heavy atom. The van der Waals surface area contributed by atoms with E-state index in [1.165, 1.54) is 68.4 Å². The molecule has 38 nitrogen and oxygen atoms in total. The molecule has 2 aromatic heterocycles. The van der Waals surface area contributed by atoms with Gasteiger partial charge in [0, 0.05) is 85.8 Å². The second kappa shape index (κ2) is 31.5. The number of benzene rings is 2. The quantitative estimate of drug-likeness (QED) is 0.0381. The van der Waals surface area contributed by atoms with Crippen molar-refractivity contribution in [3.8, 4) is 35.5 Å². The van der Waals surface area contributed by atoms with Gasteiger partial charge in [0.2, 0.25) is 24.3 Å². The summed E-state index contributed by atoms with van der Waals surface area (Å²) in [5.74, 6) is 7.11. The number of nitrogen functional groups attached to an aromatic ring is 1. The highest BCUT2D eigenvalue weighted by Gasteiger charge is 2.51. The van der Waals surface area contributed by atoms with Crippen molar-refractivity contribution in [2.75, 3.05) is 71.2 Å². The Hall–Kier alpha value is -9.65. The van der Waals surface area contributed by atoms with E-state index in [2.05, 4.69) is 77.4 Å². The minimum atomic E-state index is -4.87. The molecule has 0 aliphatic carbocycles. The smallest absolute Gasteiger partial charge is 0.390 e. The van der Waals surface area contributed by atoms with Crippen molar-refractivity contribution in [2.45, 2.75) is 101 Å². The van der Waals surface area contributed by atoms with Gasteiger partial charge in [-0.25, -0.2) is 19.6 Å². The molecule has 0 radical (unpaired) electrons. The van der Waals surface area contributed by atoms with Crippen LogP contribution < -0.4 is 43.4 Å². The molecule has 103 heavy (non-hydrogen) atoms. The van der Waals surface area contributed by atoms with Gasteiger partial charge in [-0.15, -0.1) is 0 Å². The van der Waals surface area contributed by atoms with Crippen LogP contribution in [-0.4, -0.2) is 217 Å². The Kier molecular flexibility index (Phi) is 22.8. The molecular weight excluding hydrogens is 1400 g/mol. The van der Waals surface area contributed by atoms with Crippen molar-refractivity contribution in [2.24, 2.45) is 29.4 Å². The molecule has 17 atom stereocenters. The first-order chi connectivity index (χ1) is 49.1. The van der Waals surface area contributed by atoms with E-state index >= 15 is 0 Å². The Bertz CT molecular complexity index is 4500. The molecule has 9 amide bonds. The van der Waals surface area contributed by atoms with E-state index in [1.807, 2.05) is 0 Å². The number of carbonyl (C=O) groups is 7. The summed E-state index contributed by atoms with van der Waals surface area (Å²) in [7, 11) is -8.33. The number of carbonyl (C=O) groups excluding carboxylic acids is 7. The van der Waals surface area contributed by atoms with Gasteiger partial charge in [0.15, 0.2) is 17.9 Å². The van der Waals surface area contributed by atoms with E-state index in [-0.39, 0.29) is 70.5 Å². The number of anilines is 1. The molecule has 4 aromatic rings. The summed E-state index contributed by atoms with van der Waals surface area (Å²) >= 11 is 0. The van der Waals surface area contributed by atoms with Gasteiger partial charge in [-0.2, -0.15) is 29.4 Å². The molecule has 544 valence electrons. The van der Waals surface area contributed by atoms with Crippen LogP contribution in [0, 0.1) is 79.4 Å². The molecule has 13 rings (SSSR count). The topological polar surface area (TPSA) is 526 Å². The number of rotatable bonds is 5. The fourth-order valence-corrected chi connectivity index (χ4v) is 15.7. The average molecular weight is 1470 g/mol. The molecule has 18 bridgehead atoms. The van der Waals surface area contributed by atoms with Crippen LogP contribution in [0.1, 0.15) is 79.3 Å². The van der Waals surface area contributed by atoms with Gasteiger partial charge in [0.05, 0.1) is 109 Å². The fourth-order valence-electron chi connectivity index (χ4n) is 12.8. The van der Waals surface area contributed by atoms with Crippen LogP contribution in [-0.2, 0) is 65.8 Å². The zero-order valence-corrected chi connectivity index (χ0v) is 56.9. The number of nitro benzene ring substituents is 2. The number of nitrogens with two attached hydrogens (primary N) is 2. The number of hydrogen-bond acceptors (Lipinski definition) is 26. The first-order valence-corrected chi connectivity index (χ1v) is 35.7. The normalized spacial score (nSPS) is 32.0. The van der Waals surface area contributed by atoms with Crippen LogP contribution in [0.4, 0.5) is 26.8 Å². The Balaban J connectivity index is 0.980. The molecule has 13 N–H and O–H groups in total. The highest BCUT2D eigenvalue weighted by atomic mass is 31.2. The van der Waals surface area contributed by atoms with Crippen molar-refractivity contribution < 1.29 is 109 Å². The summed E-state index contributed by atoms with van der Waals surface area (Å²) < 4.78 is 73.8. The first kappa shape index (κ1) is 74.5.